The average Bonchev–Trinajstić information content (AvgIpc) is 3.04. The van der Waals surface area contributed by atoms with Gasteiger partial charge in [-0.1, -0.05) is 177 Å². The molecule has 0 saturated heterocycles. The SMILES string of the molecule is CC(C)(C)SCCNCCP(c1ccccc1)c1ccccc1.Clc1cccc(P(c2ccccc2)c2ccccc2)c1Cl.[Ru+2]. The van der Waals surface area contributed by atoms with E-state index in [4.69, 9.17) is 23.2 Å². The fourth-order valence-electron chi connectivity index (χ4n) is 4.61. The van der Waals surface area contributed by atoms with E-state index in [0.29, 0.717) is 14.8 Å². The van der Waals surface area contributed by atoms with Crippen LogP contribution in [0.25, 0.3) is 0 Å². The third kappa shape index (κ3) is 12.5. The molecule has 1 N–H and O–H groups in total. The number of nitrogens with one attached hydrogen (secondary N) is 1. The minimum absolute atomic E-state index is 0. The van der Waals surface area contributed by atoms with Gasteiger partial charge in [0.1, 0.15) is 0 Å². The summed E-state index contributed by atoms with van der Waals surface area (Å²) >= 11 is 14.7. The van der Waals surface area contributed by atoms with E-state index in [1.54, 1.807) is 0 Å². The van der Waals surface area contributed by atoms with Gasteiger partial charge in [-0.2, -0.15) is 11.8 Å². The molecule has 0 aromatic heterocycles. The summed E-state index contributed by atoms with van der Waals surface area (Å²) in [5, 5.41) is 11.5. The van der Waals surface area contributed by atoms with E-state index in [2.05, 4.69) is 141 Å². The number of halogens is 2. The van der Waals surface area contributed by atoms with Crippen LogP contribution in [0.5, 0.6) is 0 Å². The summed E-state index contributed by atoms with van der Waals surface area (Å²) in [6.45, 7) is 9.01. The maximum absolute atomic E-state index is 6.47. The van der Waals surface area contributed by atoms with Crippen LogP contribution in [0.1, 0.15) is 20.8 Å². The first-order chi connectivity index (χ1) is 21.3. The van der Waals surface area contributed by atoms with Crippen LogP contribution in [0.2, 0.25) is 10.0 Å². The van der Waals surface area contributed by atoms with Crippen molar-refractivity contribution in [2.24, 2.45) is 0 Å². The smallest absolute Gasteiger partial charge is 0.316 e. The molecule has 0 aliphatic heterocycles. The Morgan fingerprint density at radius 3 is 1.47 bits per heavy atom. The second-order valence-corrected chi connectivity index (χ2v) is 18.3. The van der Waals surface area contributed by atoms with Crippen molar-refractivity contribution in [3.63, 3.8) is 0 Å². The van der Waals surface area contributed by atoms with Crippen LogP contribution in [-0.4, -0.2) is 29.8 Å². The fourth-order valence-corrected chi connectivity index (χ4v) is 10.7. The third-order valence-corrected chi connectivity index (χ3v) is 13.9. The van der Waals surface area contributed by atoms with Crippen LogP contribution in [0.4, 0.5) is 0 Å². The normalized spacial score (nSPS) is 11.1. The van der Waals surface area contributed by atoms with Gasteiger partial charge in [-0.25, -0.2) is 0 Å². The van der Waals surface area contributed by atoms with E-state index in [1.807, 2.05) is 36.0 Å². The van der Waals surface area contributed by atoms with Crippen LogP contribution < -0.4 is 31.8 Å². The van der Waals surface area contributed by atoms with Crippen LogP contribution in [-0.2, 0) is 19.5 Å². The largest absolute Gasteiger partial charge is 2.00 e. The van der Waals surface area contributed by atoms with E-state index in [1.165, 1.54) is 33.1 Å². The van der Waals surface area contributed by atoms with Crippen molar-refractivity contribution in [1.29, 1.82) is 0 Å². The topological polar surface area (TPSA) is 12.0 Å². The molecule has 0 saturated carbocycles. The Bertz CT molecular complexity index is 1440. The number of hydrogen-bond donors (Lipinski definition) is 1. The van der Waals surface area contributed by atoms with Crippen molar-refractivity contribution < 1.29 is 19.5 Å². The Morgan fingerprint density at radius 2 is 1.02 bits per heavy atom. The van der Waals surface area contributed by atoms with E-state index in [0.717, 1.165) is 18.4 Å². The molecule has 0 amide bonds. The van der Waals surface area contributed by atoms with Crippen molar-refractivity contribution in [2.45, 2.75) is 25.5 Å². The minimum atomic E-state index is -0.699. The first-order valence-corrected chi connectivity index (χ1v) is 19.5. The van der Waals surface area contributed by atoms with Gasteiger partial charge in [0.25, 0.3) is 0 Å². The summed E-state index contributed by atoms with van der Waals surface area (Å²) in [7, 11) is -0.963. The Hall–Kier alpha value is -1.53. The van der Waals surface area contributed by atoms with Gasteiger partial charge < -0.3 is 5.32 Å². The van der Waals surface area contributed by atoms with Gasteiger partial charge in [-0.15, -0.1) is 0 Å². The van der Waals surface area contributed by atoms with Crippen LogP contribution in [0.3, 0.4) is 0 Å². The number of rotatable bonds is 11. The maximum atomic E-state index is 6.47. The molecule has 45 heavy (non-hydrogen) atoms. The van der Waals surface area contributed by atoms with Crippen molar-refractivity contribution in [2.75, 3.05) is 25.0 Å². The fraction of sp³-hybridized carbons (Fsp3) is 0.211. The summed E-state index contributed by atoms with van der Waals surface area (Å²) in [5.41, 5.74) is 0. The van der Waals surface area contributed by atoms with Crippen LogP contribution >= 0.6 is 50.8 Å². The average molecular weight is 778 g/mol. The van der Waals surface area contributed by atoms with Gasteiger partial charge >= 0.3 is 19.5 Å². The molecule has 5 aromatic carbocycles. The molecule has 0 spiro atoms. The molecular formula is C38H41Cl2NP2RuS+2. The number of benzene rings is 5. The second kappa shape index (κ2) is 20.0. The first kappa shape index (κ1) is 37.9. The molecule has 0 fully saturated rings. The van der Waals surface area contributed by atoms with E-state index in [9.17, 15) is 0 Å². The monoisotopic (exact) mass is 777 g/mol. The van der Waals surface area contributed by atoms with Crippen LogP contribution in [0, 0.1) is 0 Å². The molecule has 0 unspecified atom stereocenters. The summed E-state index contributed by atoms with van der Waals surface area (Å²) in [4.78, 5) is 0. The molecule has 0 heterocycles. The van der Waals surface area contributed by atoms with Crippen molar-refractivity contribution in [1.82, 2.24) is 5.32 Å². The van der Waals surface area contributed by atoms with Crippen LogP contribution in [0.15, 0.2) is 140 Å². The van der Waals surface area contributed by atoms with Crippen molar-refractivity contribution >= 4 is 77.3 Å². The van der Waals surface area contributed by atoms with Gasteiger partial charge in [0, 0.05) is 22.3 Å². The molecule has 0 aliphatic carbocycles. The molecule has 5 aromatic rings. The predicted octanol–water partition coefficient (Wildman–Crippen LogP) is 8.99. The van der Waals surface area contributed by atoms with Gasteiger partial charge in [0.2, 0.25) is 0 Å². The Balaban J connectivity index is 0.000000241. The molecule has 7 heteroatoms. The zero-order chi connectivity index (χ0) is 31.2. The van der Waals surface area contributed by atoms with E-state index in [-0.39, 0.29) is 27.4 Å². The molecule has 5 rings (SSSR count). The molecule has 0 atom stereocenters. The van der Waals surface area contributed by atoms with Gasteiger partial charge in [0.15, 0.2) is 0 Å². The van der Waals surface area contributed by atoms with Gasteiger partial charge in [-0.05, 0) is 55.8 Å². The molecule has 234 valence electrons. The summed E-state index contributed by atoms with van der Waals surface area (Å²) in [5.74, 6) is 1.18. The van der Waals surface area contributed by atoms with E-state index >= 15 is 0 Å². The Morgan fingerprint density at radius 1 is 0.578 bits per heavy atom. The molecule has 0 aliphatic rings. The first-order valence-electron chi connectivity index (χ1n) is 14.9. The predicted molar refractivity (Wildman–Crippen MR) is 204 cm³/mol. The van der Waals surface area contributed by atoms with Gasteiger partial charge in [-0.3, -0.25) is 0 Å². The zero-order valence-electron chi connectivity index (χ0n) is 26.0. The third-order valence-electron chi connectivity index (χ3n) is 6.66. The van der Waals surface area contributed by atoms with Crippen molar-refractivity contribution in [3.05, 3.63) is 150 Å². The Kier molecular flexibility index (Phi) is 16.8. The summed E-state index contributed by atoms with van der Waals surface area (Å²) in [6.07, 6.45) is 1.20. The quantitative estimate of drug-likeness (QED) is 0.0817. The molecule has 0 bridgehead atoms. The molecular weight excluding hydrogens is 736 g/mol. The zero-order valence-corrected chi connectivity index (χ0v) is 31.9. The number of hydrogen-bond acceptors (Lipinski definition) is 2. The molecule has 0 radical (unpaired) electrons. The maximum Gasteiger partial charge on any atom is 2.00 e. The minimum Gasteiger partial charge on any atom is -0.316 e. The van der Waals surface area contributed by atoms with E-state index < -0.39 is 7.92 Å². The second-order valence-electron chi connectivity index (χ2n) is 11.1. The van der Waals surface area contributed by atoms with Gasteiger partial charge in [0.05, 0.1) is 10.0 Å². The number of thioether (sulfide) groups is 1. The Labute approximate surface area is 300 Å². The standard InChI is InChI=1S/C20H28NPS.C18H13Cl2P.Ru/c1-20(2,3)23-17-15-21-14-16-22(18-10-6-4-7-11-18)19-12-8-5-9-13-19;19-16-12-7-13-17(18(16)20)21(14-8-3-1-4-9-14)15-10-5-2-6-11-15;/h4-13,21H,14-17H2,1-3H3;1-13H;/q;;+2. The molecule has 1 nitrogen and oxygen atoms in total. The van der Waals surface area contributed by atoms with Crippen molar-refractivity contribution in [3.8, 4) is 0 Å². The summed E-state index contributed by atoms with van der Waals surface area (Å²) < 4.78 is 0.363. The summed E-state index contributed by atoms with van der Waals surface area (Å²) in [6, 6.07) is 48.7.